The molecule has 116 valence electrons. The van der Waals surface area contributed by atoms with Gasteiger partial charge in [-0.15, -0.1) is 0 Å². The monoisotopic (exact) mass is 304 g/mol. The molecule has 0 spiro atoms. The van der Waals surface area contributed by atoms with Crippen LogP contribution in [0, 0.1) is 5.92 Å². The number of rotatable bonds is 4. The van der Waals surface area contributed by atoms with Gasteiger partial charge in [0.05, 0.1) is 0 Å². The molecular weight excluding hydrogens is 280 g/mol. The largest absolute Gasteiger partial charge is 0.356 e. The van der Waals surface area contributed by atoms with Crippen molar-refractivity contribution >= 4 is 16.1 Å². The fourth-order valence-corrected chi connectivity index (χ4v) is 4.31. The lowest BCUT2D eigenvalue weighted by Gasteiger charge is -2.36. The van der Waals surface area contributed by atoms with Crippen molar-refractivity contribution < 1.29 is 13.2 Å². The molecular formula is C12H24N4O3S. The molecule has 2 heterocycles. The lowest BCUT2D eigenvalue weighted by molar-refractivity contribution is -0.119. The van der Waals surface area contributed by atoms with Crippen molar-refractivity contribution in [3.05, 3.63) is 0 Å². The fourth-order valence-electron chi connectivity index (χ4n) is 2.67. The number of nitrogens with one attached hydrogen (secondary N) is 2. The molecule has 0 atom stereocenters. The quantitative estimate of drug-likeness (QED) is 0.697. The predicted octanol–water partition coefficient (Wildman–Crippen LogP) is -1.02. The summed E-state index contributed by atoms with van der Waals surface area (Å²) in [5.74, 6) is 0.356. The Hall–Kier alpha value is -0.700. The van der Waals surface area contributed by atoms with E-state index in [1.54, 1.807) is 8.61 Å². The number of carbonyl (C=O) groups is 1. The topological polar surface area (TPSA) is 81.8 Å². The summed E-state index contributed by atoms with van der Waals surface area (Å²) in [6.07, 6.45) is 1.62. The molecule has 2 aliphatic heterocycles. The molecule has 0 aliphatic carbocycles. The summed E-state index contributed by atoms with van der Waals surface area (Å²) >= 11 is 0. The smallest absolute Gasteiger partial charge is 0.282 e. The molecule has 1 amide bonds. The highest BCUT2D eigenvalue weighted by molar-refractivity contribution is 7.86. The van der Waals surface area contributed by atoms with Crippen LogP contribution in [0.4, 0.5) is 0 Å². The Morgan fingerprint density at radius 3 is 2.25 bits per heavy atom. The van der Waals surface area contributed by atoms with Crippen LogP contribution in [-0.2, 0) is 15.0 Å². The second-order valence-electron chi connectivity index (χ2n) is 5.44. The minimum absolute atomic E-state index is 0.0270. The maximum absolute atomic E-state index is 12.5. The van der Waals surface area contributed by atoms with Gasteiger partial charge < -0.3 is 10.6 Å². The van der Waals surface area contributed by atoms with Crippen LogP contribution >= 0.6 is 0 Å². The van der Waals surface area contributed by atoms with E-state index in [-0.39, 0.29) is 5.91 Å². The third-order valence-electron chi connectivity index (χ3n) is 3.94. The lowest BCUT2D eigenvalue weighted by atomic mass is 9.98. The van der Waals surface area contributed by atoms with Crippen LogP contribution in [0.25, 0.3) is 0 Å². The number of piperidine rings is 1. The number of amides is 1. The first-order chi connectivity index (χ1) is 9.50. The van der Waals surface area contributed by atoms with Crippen molar-refractivity contribution in [2.75, 3.05) is 45.8 Å². The van der Waals surface area contributed by atoms with E-state index < -0.39 is 10.2 Å². The Labute approximate surface area is 120 Å². The summed E-state index contributed by atoms with van der Waals surface area (Å²) in [7, 11) is -3.30. The first-order valence-electron chi connectivity index (χ1n) is 7.20. The summed E-state index contributed by atoms with van der Waals surface area (Å²) in [6, 6.07) is 0. The number of piperazine rings is 1. The van der Waals surface area contributed by atoms with Crippen molar-refractivity contribution in [3.63, 3.8) is 0 Å². The molecule has 20 heavy (non-hydrogen) atoms. The van der Waals surface area contributed by atoms with E-state index in [0.717, 1.165) is 25.9 Å². The van der Waals surface area contributed by atoms with E-state index in [1.165, 1.54) is 6.92 Å². The van der Waals surface area contributed by atoms with Gasteiger partial charge in [0.15, 0.2) is 0 Å². The van der Waals surface area contributed by atoms with Gasteiger partial charge >= 0.3 is 0 Å². The SMILES string of the molecule is CC(=O)NCC1CCN(S(=O)(=O)N2CCNCC2)CC1. The van der Waals surface area contributed by atoms with Crippen LogP contribution < -0.4 is 10.6 Å². The van der Waals surface area contributed by atoms with Gasteiger partial charge in [0.2, 0.25) is 5.91 Å². The van der Waals surface area contributed by atoms with Crippen molar-refractivity contribution in [3.8, 4) is 0 Å². The average Bonchev–Trinajstić information content (AvgIpc) is 2.46. The number of nitrogens with zero attached hydrogens (tertiary/aromatic N) is 2. The van der Waals surface area contributed by atoms with Gasteiger partial charge in [-0.2, -0.15) is 17.0 Å². The molecule has 0 bridgehead atoms. The Morgan fingerprint density at radius 2 is 1.70 bits per heavy atom. The number of carbonyl (C=O) groups excluding carboxylic acids is 1. The Balaban J connectivity index is 1.84. The van der Waals surface area contributed by atoms with E-state index >= 15 is 0 Å². The van der Waals surface area contributed by atoms with E-state index in [9.17, 15) is 13.2 Å². The molecule has 2 rings (SSSR count). The van der Waals surface area contributed by atoms with Gasteiger partial charge in [-0.3, -0.25) is 4.79 Å². The first kappa shape index (κ1) is 15.7. The standard InChI is InChI=1S/C12H24N4O3S/c1-11(17)14-10-12-2-6-15(7-3-12)20(18,19)16-8-4-13-5-9-16/h12-13H,2-10H2,1H3,(H,14,17). The normalized spacial score (nSPS) is 23.6. The zero-order chi connectivity index (χ0) is 14.6. The predicted molar refractivity (Wildman–Crippen MR) is 76.3 cm³/mol. The van der Waals surface area contributed by atoms with Gasteiger partial charge in [-0.1, -0.05) is 0 Å². The van der Waals surface area contributed by atoms with Crippen molar-refractivity contribution in [2.24, 2.45) is 5.92 Å². The molecule has 2 fully saturated rings. The van der Waals surface area contributed by atoms with Gasteiger partial charge in [0.1, 0.15) is 0 Å². The van der Waals surface area contributed by atoms with Gasteiger partial charge in [-0.05, 0) is 18.8 Å². The van der Waals surface area contributed by atoms with Crippen LogP contribution in [0.5, 0.6) is 0 Å². The highest BCUT2D eigenvalue weighted by atomic mass is 32.2. The van der Waals surface area contributed by atoms with Crippen LogP contribution in [0.2, 0.25) is 0 Å². The molecule has 0 aromatic carbocycles. The summed E-state index contributed by atoms with van der Waals surface area (Å²) in [5.41, 5.74) is 0. The van der Waals surface area contributed by atoms with Crippen molar-refractivity contribution in [1.29, 1.82) is 0 Å². The van der Waals surface area contributed by atoms with Crippen molar-refractivity contribution in [2.45, 2.75) is 19.8 Å². The molecule has 2 aliphatic rings. The highest BCUT2D eigenvalue weighted by Gasteiger charge is 2.33. The molecule has 7 nitrogen and oxygen atoms in total. The number of hydrogen-bond donors (Lipinski definition) is 2. The summed E-state index contributed by atoms with van der Waals surface area (Å²) in [6.45, 7) is 5.80. The summed E-state index contributed by atoms with van der Waals surface area (Å²) in [5, 5.41) is 5.97. The van der Waals surface area contributed by atoms with Gasteiger partial charge in [-0.25, -0.2) is 0 Å². The molecule has 0 aromatic heterocycles. The molecule has 0 unspecified atom stereocenters. The van der Waals surface area contributed by atoms with E-state index in [1.807, 2.05) is 0 Å². The zero-order valence-corrected chi connectivity index (χ0v) is 12.8. The Bertz CT molecular complexity index is 426. The van der Waals surface area contributed by atoms with E-state index in [2.05, 4.69) is 10.6 Å². The molecule has 2 N–H and O–H groups in total. The summed E-state index contributed by atoms with van der Waals surface area (Å²) < 4.78 is 28.1. The maximum Gasteiger partial charge on any atom is 0.282 e. The molecule has 2 saturated heterocycles. The van der Waals surface area contributed by atoms with Gasteiger partial charge in [0, 0.05) is 52.7 Å². The lowest BCUT2D eigenvalue weighted by Crippen LogP contribution is -2.53. The first-order valence-corrected chi connectivity index (χ1v) is 8.60. The molecule has 0 radical (unpaired) electrons. The third kappa shape index (κ3) is 3.91. The van der Waals surface area contributed by atoms with Gasteiger partial charge in [0.25, 0.3) is 10.2 Å². The van der Waals surface area contributed by atoms with Crippen LogP contribution in [0.15, 0.2) is 0 Å². The number of hydrogen-bond acceptors (Lipinski definition) is 4. The highest BCUT2D eigenvalue weighted by Crippen LogP contribution is 2.21. The Kier molecular flexibility index (Phi) is 5.36. The van der Waals surface area contributed by atoms with Crippen LogP contribution in [0.3, 0.4) is 0 Å². The molecule has 8 heteroatoms. The molecule has 0 aromatic rings. The van der Waals surface area contributed by atoms with E-state index in [0.29, 0.717) is 38.6 Å². The average molecular weight is 304 g/mol. The minimum Gasteiger partial charge on any atom is -0.356 e. The third-order valence-corrected chi connectivity index (χ3v) is 5.98. The van der Waals surface area contributed by atoms with E-state index in [4.69, 9.17) is 0 Å². The van der Waals surface area contributed by atoms with Crippen molar-refractivity contribution in [1.82, 2.24) is 19.2 Å². The summed E-state index contributed by atoms with van der Waals surface area (Å²) in [4.78, 5) is 10.9. The second kappa shape index (κ2) is 6.84. The van der Waals surface area contributed by atoms with Crippen LogP contribution in [-0.4, -0.2) is 68.7 Å². The minimum atomic E-state index is -3.30. The Morgan fingerprint density at radius 1 is 1.15 bits per heavy atom. The zero-order valence-electron chi connectivity index (χ0n) is 12.0. The fraction of sp³-hybridized carbons (Fsp3) is 0.917. The molecule has 0 saturated carbocycles. The second-order valence-corrected chi connectivity index (χ2v) is 7.36. The van der Waals surface area contributed by atoms with Crippen LogP contribution in [0.1, 0.15) is 19.8 Å². The maximum atomic E-state index is 12.5.